The molecule has 2 saturated heterocycles. The summed E-state index contributed by atoms with van der Waals surface area (Å²) in [7, 11) is 1.89. The first-order chi connectivity index (χ1) is 11.4. The van der Waals surface area contributed by atoms with Gasteiger partial charge in [0.15, 0.2) is 6.61 Å². The van der Waals surface area contributed by atoms with Gasteiger partial charge in [0.05, 0.1) is 0 Å². The molecule has 2 atom stereocenters. The molecule has 2 aliphatic heterocycles. The van der Waals surface area contributed by atoms with E-state index in [1.807, 2.05) is 18.0 Å². The number of carbonyl (C=O) groups is 2. The minimum absolute atomic E-state index is 0.222. The lowest BCUT2D eigenvalue weighted by Crippen LogP contribution is -2.44. The topological polar surface area (TPSA) is 70.1 Å². The van der Waals surface area contributed by atoms with Gasteiger partial charge in [-0.15, -0.1) is 0 Å². The molecule has 0 spiro atoms. The summed E-state index contributed by atoms with van der Waals surface area (Å²) in [5.74, 6) is 0.117. The summed E-state index contributed by atoms with van der Waals surface area (Å²) in [5, 5.41) is 9.39. The minimum atomic E-state index is -1.01. The number of nitrogens with zero attached hydrogens (tertiary/aromatic N) is 2. The van der Waals surface area contributed by atoms with Crippen LogP contribution in [0.25, 0.3) is 0 Å². The van der Waals surface area contributed by atoms with Crippen molar-refractivity contribution in [2.75, 3.05) is 26.7 Å². The molecule has 1 aromatic carbocycles. The van der Waals surface area contributed by atoms with Crippen LogP contribution in [0.4, 0.5) is 0 Å². The summed E-state index contributed by atoms with van der Waals surface area (Å²) in [5.41, 5.74) is 0.875. The summed E-state index contributed by atoms with van der Waals surface area (Å²) >= 11 is 6.08. The molecule has 0 radical (unpaired) electrons. The molecule has 2 fully saturated rings. The van der Waals surface area contributed by atoms with Crippen LogP contribution in [0.2, 0.25) is 5.02 Å². The number of likely N-dealkylation sites (tertiary alicyclic amines) is 2. The number of ether oxygens (including phenoxy) is 1. The monoisotopic (exact) mass is 352 g/mol. The first-order valence-corrected chi connectivity index (χ1v) is 8.43. The van der Waals surface area contributed by atoms with E-state index in [1.165, 1.54) is 0 Å². The fourth-order valence-corrected chi connectivity index (χ4v) is 3.89. The maximum absolute atomic E-state index is 11.9. The number of carbonyl (C=O) groups excluding carboxylic acids is 1. The molecule has 0 unspecified atom stereocenters. The Morgan fingerprint density at radius 2 is 2.25 bits per heavy atom. The molecule has 24 heavy (non-hydrogen) atoms. The van der Waals surface area contributed by atoms with Crippen LogP contribution in [0.3, 0.4) is 0 Å². The SMILES string of the molecule is CN1C(=O)C[C@@H]2CN(Cc3cc(Cl)ccc3OCC(=O)O)CC[C@@H]21. The van der Waals surface area contributed by atoms with Gasteiger partial charge in [0.1, 0.15) is 5.75 Å². The average molecular weight is 353 g/mol. The van der Waals surface area contributed by atoms with E-state index in [4.69, 9.17) is 21.4 Å². The quantitative estimate of drug-likeness (QED) is 0.875. The van der Waals surface area contributed by atoms with E-state index in [0.717, 1.165) is 25.1 Å². The average Bonchev–Trinajstić information content (AvgIpc) is 2.80. The van der Waals surface area contributed by atoms with Crippen LogP contribution < -0.4 is 4.74 Å². The van der Waals surface area contributed by atoms with E-state index in [2.05, 4.69) is 4.90 Å². The van der Waals surface area contributed by atoms with Crippen molar-refractivity contribution >= 4 is 23.5 Å². The van der Waals surface area contributed by atoms with Crippen molar-refractivity contribution in [3.63, 3.8) is 0 Å². The smallest absolute Gasteiger partial charge is 0.341 e. The molecule has 1 amide bonds. The highest BCUT2D eigenvalue weighted by atomic mass is 35.5. The van der Waals surface area contributed by atoms with Crippen molar-refractivity contribution in [1.82, 2.24) is 9.80 Å². The highest BCUT2D eigenvalue weighted by Crippen LogP contribution is 2.33. The van der Waals surface area contributed by atoms with Gasteiger partial charge in [-0.3, -0.25) is 9.69 Å². The van der Waals surface area contributed by atoms with Gasteiger partial charge in [0.2, 0.25) is 5.91 Å². The van der Waals surface area contributed by atoms with Crippen molar-refractivity contribution in [2.45, 2.75) is 25.4 Å². The molecule has 1 N–H and O–H groups in total. The van der Waals surface area contributed by atoms with Crippen molar-refractivity contribution in [3.8, 4) is 5.75 Å². The highest BCUT2D eigenvalue weighted by molar-refractivity contribution is 6.30. The number of piperidine rings is 1. The van der Waals surface area contributed by atoms with E-state index in [1.54, 1.807) is 12.1 Å². The molecule has 130 valence electrons. The lowest BCUT2D eigenvalue weighted by molar-refractivity contribution is -0.139. The summed E-state index contributed by atoms with van der Waals surface area (Å²) in [4.78, 5) is 26.8. The van der Waals surface area contributed by atoms with Gasteiger partial charge >= 0.3 is 5.97 Å². The number of hydrogen-bond acceptors (Lipinski definition) is 4. The Hall–Kier alpha value is -1.79. The first-order valence-electron chi connectivity index (χ1n) is 8.05. The van der Waals surface area contributed by atoms with Crippen LogP contribution in [0, 0.1) is 5.92 Å². The van der Waals surface area contributed by atoms with Crippen molar-refractivity contribution in [2.24, 2.45) is 5.92 Å². The van der Waals surface area contributed by atoms with Crippen molar-refractivity contribution in [3.05, 3.63) is 28.8 Å². The molecule has 1 aromatic rings. The lowest BCUT2D eigenvalue weighted by atomic mass is 9.92. The number of carboxylic acids is 1. The van der Waals surface area contributed by atoms with E-state index >= 15 is 0 Å². The molecule has 0 aliphatic carbocycles. The number of rotatable bonds is 5. The largest absolute Gasteiger partial charge is 0.482 e. The predicted molar refractivity (Wildman–Crippen MR) is 89.1 cm³/mol. The molecule has 0 saturated carbocycles. The zero-order valence-corrected chi connectivity index (χ0v) is 14.3. The summed E-state index contributed by atoms with van der Waals surface area (Å²) < 4.78 is 5.37. The van der Waals surface area contributed by atoms with Gasteiger partial charge in [-0.2, -0.15) is 0 Å². The zero-order valence-electron chi connectivity index (χ0n) is 13.6. The van der Waals surface area contributed by atoms with Crippen molar-refractivity contribution < 1.29 is 19.4 Å². The maximum Gasteiger partial charge on any atom is 0.341 e. The highest BCUT2D eigenvalue weighted by Gasteiger charge is 2.40. The Morgan fingerprint density at radius 1 is 1.46 bits per heavy atom. The van der Waals surface area contributed by atoms with Gasteiger partial charge in [-0.1, -0.05) is 11.6 Å². The Bertz CT molecular complexity index is 651. The minimum Gasteiger partial charge on any atom is -0.482 e. The second-order valence-corrected chi connectivity index (χ2v) is 6.93. The number of halogens is 1. The predicted octanol–water partition coefficient (Wildman–Crippen LogP) is 1.86. The van der Waals surface area contributed by atoms with Crippen molar-refractivity contribution in [1.29, 1.82) is 0 Å². The van der Waals surface area contributed by atoms with E-state index in [0.29, 0.717) is 35.7 Å². The molecule has 0 bridgehead atoms. The third-order valence-electron chi connectivity index (χ3n) is 4.87. The second kappa shape index (κ2) is 6.99. The fourth-order valence-electron chi connectivity index (χ4n) is 3.70. The number of amides is 1. The molecular formula is C17H21ClN2O4. The second-order valence-electron chi connectivity index (χ2n) is 6.49. The maximum atomic E-state index is 11.9. The number of carboxylic acid groups (broad SMARTS) is 1. The van der Waals surface area contributed by atoms with Gasteiger partial charge in [0.25, 0.3) is 0 Å². The van der Waals surface area contributed by atoms with E-state index in [-0.39, 0.29) is 12.5 Å². The number of benzene rings is 1. The zero-order chi connectivity index (χ0) is 17.3. The summed E-state index contributed by atoms with van der Waals surface area (Å²) in [6.45, 7) is 2.00. The summed E-state index contributed by atoms with van der Waals surface area (Å²) in [6, 6.07) is 5.56. The van der Waals surface area contributed by atoms with E-state index in [9.17, 15) is 9.59 Å². The molecule has 2 aliphatic rings. The Balaban J connectivity index is 1.69. The summed E-state index contributed by atoms with van der Waals surface area (Å²) in [6.07, 6.45) is 1.56. The third-order valence-corrected chi connectivity index (χ3v) is 5.11. The van der Waals surface area contributed by atoms with Gasteiger partial charge < -0.3 is 14.7 Å². The third kappa shape index (κ3) is 3.65. The fraction of sp³-hybridized carbons (Fsp3) is 0.529. The van der Waals surface area contributed by atoms with Crippen LogP contribution in [0.15, 0.2) is 18.2 Å². The van der Waals surface area contributed by atoms with Gasteiger partial charge in [0, 0.05) is 55.6 Å². The van der Waals surface area contributed by atoms with Gasteiger partial charge in [-0.25, -0.2) is 4.79 Å². The molecule has 3 rings (SSSR count). The van der Waals surface area contributed by atoms with E-state index < -0.39 is 5.97 Å². The lowest BCUT2D eigenvalue weighted by Gasteiger charge is -2.36. The molecular weight excluding hydrogens is 332 g/mol. The van der Waals surface area contributed by atoms with Crippen LogP contribution in [-0.4, -0.2) is 59.6 Å². The molecule has 7 heteroatoms. The first kappa shape index (κ1) is 17.0. The van der Waals surface area contributed by atoms with Crippen LogP contribution in [0.5, 0.6) is 5.75 Å². The molecule has 0 aromatic heterocycles. The van der Waals surface area contributed by atoms with Crippen LogP contribution >= 0.6 is 11.6 Å². The number of aliphatic carboxylic acids is 1. The number of hydrogen-bond donors (Lipinski definition) is 1. The number of fused-ring (bicyclic) bond motifs is 1. The van der Waals surface area contributed by atoms with Crippen LogP contribution in [0.1, 0.15) is 18.4 Å². The Labute approximate surface area is 145 Å². The standard InChI is InChI=1S/C17H21ClN2O4/c1-19-14-4-5-20(8-11(14)7-16(19)21)9-12-6-13(18)2-3-15(12)24-10-17(22)23/h2-3,6,11,14H,4-5,7-10H2,1H3,(H,22,23)/t11-,14+/m1/s1. The Morgan fingerprint density at radius 3 is 3.00 bits per heavy atom. The molecule has 2 heterocycles. The van der Waals surface area contributed by atoms with Gasteiger partial charge in [-0.05, 0) is 24.6 Å². The molecule has 6 nitrogen and oxygen atoms in total. The normalized spacial score (nSPS) is 24.1. The van der Waals surface area contributed by atoms with Crippen LogP contribution in [-0.2, 0) is 16.1 Å². The Kier molecular flexibility index (Phi) is 4.96.